The van der Waals surface area contributed by atoms with Crippen molar-refractivity contribution in [1.82, 2.24) is 21.3 Å². The van der Waals surface area contributed by atoms with Crippen LogP contribution in [0.1, 0.15) is 25.7 Å². The van der Waals surface area contributed by atoms with E-state index in [0.717, 1.165) is 51.2 Å². The molecular formula is C14H28N4O2. The minimum atomic E-state index is 0.0737. The van der Waals surface area contributed by atoms with E-state index in [4.69, 9.17) is 9.47 Å². The van der Waals surface area contributed by atoms with E-state index in [1.165, 1.54) is 25.7 Å². The summed E-state index contributed by atoms with van der Waals surface area (Å²) in [5.41, 5.74) is 0. The van der Waals surface area contributed by atoms with E-state index >= 15 is 0 Å². The zero-order valence-corrected chi connectivity index (χ0v) is 12.2. The monoisotopic (exact) mass is 284 g/mol. The second-order valence-corrected chi connectivity index (χ2v) is 6.13. The van der Waals surface area contributed by atoms with Crippen LogP contribution in [0.3, 0.4) is 0 Å². The summed E-state index contributed by atoms with van der Waals surface area (Å²) in [5, 5.41) is 13.6. The van der Waals surface area contributed by atoms with Crippen LogP contribution in [-0.4, -0.2) is 52.1 Å². The Morgan fingerprint density at radius 3 is 1.85 bits per heavy atom. The summed E-state index contributed by atoms with van der Waals surface area (Å²) in [5.74, 6) is 1.55. The van der Waals surface area contributed by atoms with Gasteiger partial charge >= 0.3 is 0 Å². The van der Waals surface area contributed by atoms with E-state index in [0.29, 0.717) is 0 Å². The van der Waals surface area contributed by atoms with Gasteiger partial charge in [0, 0.05) is 26.2 Å². The summed E-state index contributed by atoms with van der Waals surface area (Å²) in [6, 6.07) is 0. The number of hydrogen-bond acceptors (Lipinski definition) is 6. The molecule has 2 aliphatic heterocycles. The Bertz CT molecular complexity index is 254. The molecule has 0 spiro atoms. The predicted octanol–water partition coefficient (Wildman–Crippen LogP) is -0.221. The molecule has 1 aliphatic carbocycles. The molecule has 2 heterocycles. The molecule has 4 N–H and O–H groups in total. The van der Waals surface area contributed by atoms with Gasteiger partial charge in [-0.1, -0.05) is 6.42 Å². The smallest absolute Gasteiger partial charge is 0.163 e. The van der Waals surface area contributed by atoms with Gasteiger partial charge in [0.25, 0.3) is 0 Å². The molecule has 4 unspecified atom stereocenters. The molecule has 20 heavy (non-hydrogen) atoms. The van der Waals surface area contributed by atoms with Crippen molar-refractivity contribution in [3.05, 3.63) is 0 Å². The quantitative estimate of drug-likeness (QED) is 0.541. The van der Waals surface area contributed by atoms with Crippen LogP contribution in [0.2, 0.25) is 0 Å². The molecule has 6 heteroatoms. The molecular weight excluding hydrogens is 256 g/mol. The number of rotatable bonds is 6. The first-order valence-electron chi connectivity index (χ1n) is 8.07. The van der Waals surface area contributed by atoms with Crippen molar-refractivity contribution in [2.24, 2.45) is 11.8 Å². The highest BCUT2D eigenvalue weighted by molar-refractivity contribution is 4.77. The van der Waals surface area contributed by atoms with E-state index in [9.17, 15) is 0 Å². The van der Waals surface area contributed by atoms with Crippen LogP contribution in [0.5, 0.6) is 0 Å². The Morgan fingerprint density at radius 1 is 0.850 bits per heavy atom. The van der Waals surface area contributed by atoms with Crippen LogP contribution >= 0.6 is 0 Å². The lowest BCUT2D eigenvalue weighted by Crippen LogP contribution is -2.44. The van der Waals surface area contributed by atoms with Gasteiger partial charge in [-0.15, -0.1) is 0 Å². The van der Waals surface area contributed by atoms with Crippen LogP contribution in [-0.2, 0) is 9.47 Å². The minimum Gasteiger partial charge on any atom is -0.349 e. The Kier molecular flexibility index (Phi) is 5.64. The lowest BCUT2D eigenvalue weighted by atomic mass is 9.81. The first kappa shape index (κ1) is 14.7. The van der Waals surface area contributed by atoms with Crippen molar-refractivity contribution < 1.29 is 9.47 Å². The molecule has 3 aliphatic rings. The fraction of sp³-hybridized carbons (Fsp3) is 1.00. The van der Waals surface area contributed by atoms with Gasteiger partial charge in [0.2, 0.25) is 0 Å². The largest absolute Gasteiger partial charge is 0.349 e. The summed E-state index contributed by atoms with van der Waals surface area (Å²) < 4.78 is 11.1. The molecule has 0 bridgehead atoms. The number of nitrogens with one attached hydrogen (secondary N) is 4. The topological polar surface area (TPSA) is 66.6 Å². The van der Waals surface area contributed by atoms with Gasteiger partial charge in [0.15, 0.2) is 12.7 Å². The number of ether oxygens (including phenoxy) is 2. The third-order valence-corrected chi connectivity index (χ3v) is 4.51. The first-order valence-corrected chi connectivity index (χ1v) is 8.07. The zero-order valence-electron chi connectivity index (χ0n) is 12.2. The molecule has 6 nitrogen and oxygen atoms in total. The number of hydrogen-bond donors (Lipinski definition) is 4. The highest BCUT2D eigenvalue weighted by Crippen LogP contribution is 2.28. The van der Waals surface area contributed by atoms with E-state index in [1.807, 2.05) is 0 Å². The molecule has 0 aromatic heterocycles. The Balaban J connectivity index is 1.32. The normalized spacial score (nSPS) is 38.4. The average Bonchev–Trinajstić information content (AvgIpc) is 3.17. The fourth-order valence-corrected chi connectivity index (χ4v) is 3.43. The van der Waals surface area contributed by atoms with Crippen LogP contribution in [0.25, 0.3) is 0 Å². The second-order valence-electron chi connectivity index (χ2n) is 6.13. The predicted molar refractivity (Wildman–Crippen MR) is 76.9 cm³/mol. The Labute approximate surface area is 121 Å². The first-order chi connectivity index (χ1) is 9.90. The van der Waals surface area contributed by atoms with Crippen LogP contribution < -0.4 is 21.3 Å². The minimum absolute atomic E-state index is 0.0737. The van der Waals surface area contributed by atoms with Gasteiger partial charge in [0.1, 0.15) is 0 Å². The van der Waals surface area contributed by atoms with Crippen molar-refractivity contribution in [3.63, 3.8) is 0 Å². The van der Waals surface area contributed by atoms with Crippen LogP contribution in [0.4, 0.5) is 0 Å². The SMILES string of the molecule is C1CC(CNC2NCCO2)CC(CNC2NCCO2)C1. The molecule has 116 valence electrons. The van der Waals surface area contributed by atoms with Gasteiger partial charge in [-0.25, -0.2) is 0 Å². The highest BCUT2D eigenvalue weighted by atomic mass is 16.5. The molecule has 1 saturated carbocycles. The molecule has 0 amide bonds. The molecule has 0 aromatic rings. The lowest BCUT2D eigenvalue weighted by Gasteiger charge is -2.30. The van der Waals surface area contributed by atoms with Crippen LogP contribution in [0.15, 0.2) is 0 Å². The van der Waals surface area contributed by atoms with Crippen molar-refractivity contribution in [3.8, 4) is 0 Å². The summed E-state index contributed by atoms with van der Waals surface area (Å²) in [4.78, 5) is 0. The van der Waals surface area contributed by atoms with E-state index < -0.39 is 0 Å². The van der Waals surface area contributed by atoms with Gasteiger partial charge in [-0.3, -0.25) is 21.3 Å². The standard InChI is InChI=1S/C14H28N4O2/c1-2-11(9-17-13-15-4-6-19-13)8-12(3-1)10-18-14-16-5-7-20-14/h11-18H,1-10H2. The second kappa shape index (κ2) is 7.68. The maximum Gasteiger partial charge on any atom is 0.163 e. The molecule has 4 atom stereocenters. The van der Waals surface area contributed by atoms with Crippen molar-refractivity contribution in [1.29, 1.82) is 0 Å². The highest BCUT2D eigenvalue weighted by Gasteiger charge is 2.24. The van der Waals surface area contributed by atoms with E-state index in [-0.39, 0.29) is 12.7 Å². The summed E-state index contributed by atoms with van der Waals surface area (Å²) in [6.45, 7) is 5.69. The van der Waals surface area contributed by atoms with Gasteiger partial charge < -0.3 is 9.47 Å². The third kappa shape index (κ3) is 4.38. The average molecular weight is 284 g/mol. The van der Waals surface area contributed by atoms with Crippen molar-refractivity contribution in [2.75, 3.05) is 39.4 Å². The van der Waals surface area contributed by atoms with Crippen LogP contribution in [0, 0.1) is 11.8 Å². The molecule has 2 saturated heterocycles. The van der Waals surface area contributed by atoms with Crippen molar-refractivity contribution in [2.45, 2.75) is 38.4 Å². The lowest BCUT2D eigenvalue weighted by molar-refractivity contribution is 0.0601. The van der Waals surface area contributed by atoms with Crippen molar-refractivity contribution >= 4 is 0 Å². The van der Waals surface area contributed by atoms with Gasteiger partial charge in [0.05, 0.1) is 13.2 Å². The molecule has 0 radical (unpaired) electrons. The molecule has 3 fully saturated rings. The maximum atomic E-state index is 5.53. The Morgan fingerprint density at radius 2 is 1.40 bits per heavy atom. The van der Waals surface area contributed by atoms with Gasteiger partial charge in [-0.2, -0.15) is 0 Å². The van der Waals surface area contributed by atoms with Gasteiger partial charge in [-0.05, 0) is 31.1 Å². The summed E-state index contributed by atoms with van der Waals surface area (Å²) in [7, 11) is 0. The third-order valence-electron chi connectivity index (χ3n) is 4.51. The zero-order chi connectivity index (χ0) is 13.6. The molecule has 3 rings (SSSR count). The Hall–Kier alpha value is -0.240. The van der Waals surface area contributed by atoms with E-state index in [2.05, 4.69) is 21.3 Å². The maximum absolute atomic E-state index is 5.53. The molecule has 0 aromatic carbocycles. The summed E-state index contributed by atoms with van der Waals surface area (Å²) in [6.07, 6.45) is 5.48. The van der Waals surface area contributed by atoms with E-state index in [1.54, 1.807) is 0 Å². The fourth-order valence-electron chi connectivity index (χ4n) is 3.43. The summed E-state index contributed by atoms with van der Waals surface area (Å²) >= 11 is 0.